The second kappa shape index (κ2) is 6.17. The largest absolute Gasteiger partial charge is 0.379 e. The van der Waals surface area contributed by atoms with E-state index in [9.17, 15) is 0 Å². The van der Waals surface area contributed by atoms with E-state index in [-0.39, 0.29) is 0 Å². The minimum atomic E-state index is 0.603. The molecule has 0 saturated heterocycles. The van der Waals surface area contributed by atoms with Crippen LogP contribution in [-0.2, 0) is 17.8 Å². The predicted octanol–water partition coefficient (Wildman–Crippen LogP) is 1.81. The number of hydrogen-bond acceptors (Lipinski definition) is 3. The van der Waals surface area contributed by atoms with E-state index in [1.165, 1.54) is 18.4 Å². The maximum atomic E-state index is 5.54. The average molecular weight is 237 g/mol. The summed E-state index contributed by atoms with van der Waals surface area (Å²) >= 11 is 0. The fourth-order valence-corrected chi connectivity index (χ4v) is 1.65. The lowest BCUT2D eigenvalue weighted by atomic mass is 10.2. The first-order valence-corrected chi connectivity index (χ1v) is 6.56. The van der Waals surface area contributed by atoms with Crippen molar-refractivity contribution in [2.45, 2.75) is 45.8 Å². The lowest BCUT2D eigenvalue weighted by Gasteiger charge is -2.06. The molecule has 4 heteroatoms. The molecule has 1 aliphatic carbocycles. The molecule has 1 heterocycles. The van der Waals surface area contributed by atoms with Gasteiger partial charge in [0.1, 0.15) is 0 Å². The van der Waals surface area contributed by atoms with E-state index in [0.717, 1.165) is 32.3 Å². The van der Waals surface area contributed by atoms with E-state index in [4.69, 9.17) is 4.74 Å². The molecule has 0 aromatic carbocycles. The minimum Gasteiger partial charge on any atom is -0.379 e. The van der Waals surface area contributed by atoms with Crippen LogP contribution in [0.1, 0.15) is 32.3 Å². The molecule has 0 aliphatic heterocycles. The summed E-state index contributed by atoms with van der Waals surface area (Å²) in [5, 5.41) is 7.81. The third-order valence-corrected chi connectivity index (χ3v) is 2.77. The van der Waals surface area contributed by atoms with E-state index in [0.29, 0.717) is 5.92 Å². The average Bonchev–Trinajstić information content (AvgIpc) is 3.01. The monoisotopic (exact) mass is 237 g/mol. The van der Waals surface area contributed by atoms with Crippen molar-refractivity contribution in [3.8, 4) is 0 Å². The zero-order chi connectivity index (χ0) is 12.1. The Bertz CT molecular complexity index is 331. The second-order valence-electron chi connectivity index (χ2n) is 5.24. The van der Waals surface area contributed by atoms with Crippen LogP contribution in [0.2, 0.25) is 0 Å². The Kier molecular flexibility index (Phi) is 4.57. The summed E-state index contributed by atoms with van der Waals surface area (Å²) in [5.41, 5.74) is 1.26. The number of hydrogen-bond donors (Lipinski definition) is 1. The molecule has 1 aromatic heterocycles. The number of aromatic nitrogens is 2. The first-order valence-electron chi connectivity index (χ1n) is 6.56. The molecule has 0 amide bonds. The van der Waals surface area contributed by atoms with Crippen LogP contribution >= 0.6 is 0 Å². The molecule has 1 fully saturated rings. The molecule has 4 nitrogen and oxygen atoms in total. The Morgan fingerprint density at radius 2 is 2.35 bits per heavy atom. The fraction of sp³-hybridized carbons (Fsp3) is 0.769. The molecule has 96 valence electrons. The van der Waals surface area contributed by atoms with Crippen molar-refractivity contribution < 1.29 is 4.74 Å². The highest BCUT2D eigenvalue weighted by Crippen LogP contribution is 2.19. The van der Waals surface area contributed by atoms with E-state index in [1.807, 2.05) is 10.9 Å². The van der Waals surface area contributed by atoms with Crippen molar-refractivity contribution in [3.63, 3.8) is 0 Å². The topological polar surface area (TPSA) is 39.1 Å². The van der Waals surface area contributed by atoms with Crippen LogP contribution in [0, 0.1) is 5.92 Å². The molecule has 1 saturated carbocycles. The zero-order valence-electron chi connectivity index (χ0n) is 10.9. The number of nitrogens with zero attached hydrogens (tertiary/aromatic N) is 2. The molecule has 1 aliphatic rings. The summed E-state index contributed by atoms with van der Waals surface area (Å²) in [6.07, 6.45) is 6.71. The molecule has 0 spiro atoms. The van der Waals surface area contributed by atoms with E-state index in [1.54, 1.807) is 0 Å². The Morgan fingerprint density at radius 1 is 1.53 bits per heavy atom. The van der Waals surface area contributed by atoms with Gasteiger partial charge in [-0.25, -0.2) is 0 Å². The van der Waals surface area contributed by atoms with Crippen molar-refractivity contribution in [2.75, 3.05) is 13.2 Å². The van der Waals surface area contributed by atoms with Crippen LogP contribution in [0.5, 0.6) is 0 Å². The zero-order valence-corrected chi connectivity index (χ0v) is 10.9. The van der Waals surface area contributed by atoms with E-state index < -0.39 is 0 Å². The fourth-order valence-electron chi connectivity index (χ4n) is 1.65. The van der Waals surface area contributed by atoms with Crippen LogP contribution in [0.25, 0.3) is 0 Å². The lowest BCUT2D eigenvalue weighted by molar-refractivity contribution is 0.101. The van der Waals surface area contributed by atoms with Crippen LogP contribution < -0.4 is 5.32 Å². The Labute approximate surface area is 103 Å². The highest BCUT2D eigenvalue weighted by atomic mass is 16.5. The van der Waals surface area contributed by atoms with Crippen molar-refractivity contribution in [1.82, 2.24) is 15.1 Å². The highest BCUT2D eigenvalue weighted by molar-refractivity contribution is 5.04. The van der Waals surface area contributed by atoms with Crippen molar-refractivity contribution >= 4 is 0 Å². The quantitative estimate of drug-likeness (QED) is 0.701. The standard InChI is InChI=1S/C13H23N3O/c1-11(2)10-17-6-5-16-9-12(8-15-16)7-14-13-3-4-13/h8-9,11,13-14H,3-7,10H2,1-2H3. The summed E-state index contributed by atoms with van der Waals surface area (Å²) in [4.78, 5) is 0. The predicted molar refractivity (Wildman–Crippen MR) is 67.7 cm³/mol. The maximum Gasteiger partial charge on any atom is 0.0662 e. The number of ether oxygens (including phenoxy) is 1. The molecular weight excluding hydrogens is 214 g/mol. The maximum absolute atomic E-state index is 5.54. The normalized spacial score (nSPS) is 15.7. The van der Waals surface area contributed by atoms with Gasteiger partial charge in [0.2, 0.25) is 0 Å². The third-order valence-electron chi connectivity index (χ3n) is 2.77. The Hall–Kier alpha value is -0.870. The van der Waals surface area contributed by atoms with Crippen LogP contribution in [0.4, 0.5) is 0 Å². The minimum absolute atomic E-state index is 0.603. The van der Waals surface area contributed by atoms with Gasteiger partial charge in [0.05, 0.1) is 19.3 Å². The molecule has 0 atom stereocenters. The summed E-state index contributed by atoms with van der Waals surface area (Å²) in [5.74, 6) is 0.603. The van der Waals surface area contributed by atoms with Gasteiger partial charge in [0.25, 0.3) is 0 Å². The van der Waals surface area contributed by atoms with E-state index in [2.05, 4.69) is 30.5 Å². The molecular formula is C13H23N3O. The lowest BCUT2D eigenvalue weighted by Crippen LogP contribution is -2.14. The van der Waals surface area contributed by atoms with Gasteiger partial charge in [-0.2, -0.15) is 5.10 Å². The number of rotatable bonds is 8. The highest BCUT2D eigenvalue weighted by Gasteiger charge is 2.20. The smallest absolute Gasteiger partial charge is 0.0662 e. The third kappa shape index (κ3) is 4.88. The molecule has 0 radical (unpaired) electrons. The van der Waals surface area contributed by atoms with Crippen molar-refractivity contribution in [3.05, 3.63) is 18.0 Å². The summed E-state index contributed by atoms with van der Waals surface area (Å²) < 4.78 is 7.50. The first kappa shape index (κ1) is 12.6. The van der Waals surface area contributed by atoms with Gasteiger partial charge in [-0.15, -0.1) is 0 Å². The summed E-state index contributed by atoms with van der Waals surface area (Å²) in [6, 6.07) is 0.757. The molecule has 17 heavy (non-hydrogen) atoms. The van der Waals surface area contributed by atoms with Crippen molar-refractivity contribution in [1.29, 1.82) is 0 Å². The molecule has 1 aromatic rings. The molecule has 1 N–H and O–H groups in total. The van der Waals surface area contributed by atoms with Crippen molar-refractivity contribution in [2.24, 2.45) is 5.92 Å². The summed E-state index contributed by atoms with van der Waals surface area (Å²) in [6.45, 7) is 7.69. The molecule has 2 rings (SSSR count). The van der Waals surface area contributed by atoms with Gasteiger partial charge in [-0.1, -0.05) is 13.8 Å². The van der Waals surface area contributed by atoms with Gasteiger partial charge in [0.15, 0.2) is 0 Å². The Balaban J connectivity index is 1.62. The van der Waals surface area contributed by atoms with Crippen LogP contribution in [-0.4, -0.2) is 29.0 Å². The molecule has 0 bridgehead atoms. The number of nitrogens with one attached hydrogen (secondary N) is 1. The SMILES string of the molecule is CC(C)COCCn1cc(CNC2CC2)cn1. The van der Waals surface area contributed by atoms with Gasteiger partial charge < -0.3 is 10.1 Å². The first-order chi connectivity index (χ1) is 8.24. The van der Waals surface area contributed by atoms with Gasteiger partial charge in [0, 0.05) is 31.0 Å². The van der Waals surface area contributed by atoms with Gasteiger partial charge in [-0.3, -0.25) is 4.68 Å². The second-order valence-corrected chi connectivity index (χ2v) is 5.24. The van der Waals surface area contributed by atoms with Gasteiger partial charge in [-0.05, 0) is 18.8 Å². The van der Waals surface area contributed by atoms with Crippen LogP contribution in [0.15, 0.2) is 12.4 Å². The summed E-state index contributed by atoms with van der Waals surface area (Å²) in [7, 11) is 0. The Morgan fingerprint density at radius 3 is 3.06 bits per heavy atom. The van der Waals surface area contributed by atoms with Gasteiger partial charge >= 0.3 is 0 Å². The molecule has 0 unspecified atom stereocenters. The van der Waals surface area contributed by atoms with E-state index >= 15 is 0 Å². The van der Waals surface area contributed by atoms with Crippen LogP contribution in [0.3, 0.4) is 0 Å².